The zero-order valence-electron chi connectivity index (χ0n) is 14.4. The van der Waals surface area contributed by atoms with E-state index in [1.807, 2.05) is 4.90 Å². The highest BCUT2D eigenvalue weighted by Crippen LogP contribution is 2.31. The second-order valence-electron chi connectivity index (χ2n) is 6.84. The summed E-state index contributed by atoms with van der Waals surface area (Å²) in [6, 6.07) is 13.2. The van der Waals surface area contributed by atoms with Crippen LogP contribution in [0, 0.1) is 5.92 Å². The van der Waals surface area contributed by atoms with Crippen molar-refractivity contribution in [2.24, 2.45) is 5.92 Å². The highest BCUT2D eigenvalue weighted by atomic mass is 16.2. The largest absolute Gasteiger partial charge is 0.377 e. The number of fused-ring (bicyclic) bond motifs is 1. The van der Waals surface area contributed by atoms with Crippen LogP contribution in [0.15, 0.2) is 36.4 Å². The van der Waals surface area contributed by atoms with Gasteiger partial charge in [-0.3, -0.25) is 4.79 Å². The van der Waals surface area contributed by atoms with Gasteiger partial charge in [-0.15, -0.1) is 0 Å². The van der Waals surface area contributed by atoms with Crippen molar-refractivity contribution < 1.29 is 4.79 Å². The Bertz CT molecular complexity index is 700. The molecule has 1 aliphatic heterocycles. The van der Waals surface area contributed by atoms with E-state index in [1.165, 1.54) is 22.0 Å². The average Bonchev–Trinajstić information content (AvgIpc) is 2.55. The number of hydrogen-bond acceptors (Lipinski definition) is 2. The summed E-state index contributed by atoms with van der Waals surface area (Å²) in [7, 11) is 4.19. The molecule has 0 spiro atoms. The molecule has 1 saturated heterocycles. The van der Waals surface area contributed by atoms with E-state index in [0.717, 1.165) is 32.4 Å². The van der Waals surface area contributed by atoms with Gasteiger partial charge in [-0.1, -0.05) is 30.3 Å². The predicted molar refractivity (Wildman–Crippen MR) is 97.0 cm³/mol. The molecular weight excluding hydrogens is 284 g/mol. The first-order chi connectivity index (χ1) is 11.1. The first-order valence-corrected chi connectivity index (χ1v) is 8.49. The molecule has 122 valence electrons. The lowest BCUT2D eigenvalue weighted by atomic mass is 9.88. The molecule has 23 heavy (non-hydrogen) atoms. The van der Waals surface area contributed by atoms with Gasteiger partial charge in [0.25, 0.3) is 0 Å². The van der Waals surface area contributed by atoms with Gasteiger partial charge in [0.05, 0.1) is 0 Å². The van der Waals surface area contributed by atoms with E-state index >= 15 is 0 Å². The summed E-state index contributed by atoms with van der Waals surface area (Å²) in [5.41, 5.74) is 2.71. The highest BCUT2D eigenvalue weighted by molar-refractivity contribution is 5.96. The van der Waals surface area contributed by atoms with Crippen molar-refractivity contribution in [2.75, 3.05) is 32.1 Å². The van der Waals surface area contributed by atoms with Gasteiger partial charge in [-0.2, -0.15) is 0 Å². The third-order valence-electron chi connectivity index (χ3n) is 5.04. The molecule has 3 heteroatoms. The number of anilines is 1. The Morgan fingerprint density at radius 1 is 1.09 bits per heavy atom. The highest BCUT2D eigenvalue weighted by Gasteiger charge is 2.21. The van der Waals surface area contributed by atoms with Crippen LogP contribution in [-0.4, -0.2) is 38.0 Å². The fourth-order valence-corrected chi connectivity index (χ4v) is 3.68. The van der Waals surface area contributed by atoms with Crippen molar-refractivity contribution in [1.29, 1.82) is 0 Å². The molecule has 0 aromatic heterocycles. The predicted octanol–water partition coefficient (Wildman–Crippen LogP) is 3.71. The maximum Gasteiger partial charge on any atom is 0.219 e. The molecule has 0 bridgehead atoms. The lowest BCUT2D eigenvalue weighted by Gasteiger charge is -2.31. The minimum absolute atomic E-state index is 0.212. The van der Waals surface area contributed by atoms with E-state index in [1.54, 1.807) is 6.92 Å². The monoisotopic (exact) mass is 310 g/mol. The summed E-state index contributed by atoms with van der Waals surface area (Å²) >= 11 is 0. The van der Waals surface area contributed by atoms with E-state index in [4.69, 9.17) is 0 Å². The van der Waals surface area contributed by atoms with Gasteiger partial charge >= 0.3 is 0 Å². The SMILES string of the molecule is CC(=O)N1CCC(Cc2ccc(N(C)C)c3ccccc23)CC1. The molecule has 0 unspecified atom stereocenters. The fourth-order valence-electron chi connectivity index (χ4n) is 3.68. The topological polar surface area (TPSA) is 23.6 Å². The van der Waals surface area contributed by atoms with Crippen molar-refractivity contribution in [3.63, 3.8) is 0 Å². The number of carbonyl (C=O) groups excluding carboxylic acids is 1. The molecule has 1 fully saturated rings. The van der Waals surface area contributed by atoms with E-state index in [2.05, 4.69) is 55.4 Å². The Morgan fingerprint density at radius 3 is 2.35 bits per heavy atom. The molecule has 0 aliphatic carbocycles. The summed E-state index contributed by atoms with van der Waals surface area (Å²) in [5.74, 6) is 0.892. The van der Waals surface area contributed by atoms with Gasteiger partial charge in [0.1, 0.15) is 0 Å². The van der Waals surface area contributed by atoms with E-state index < -0.39 is 0 Å². The Kier molecular flexibility index (Phi) is 4.56. The Balaban J connectivity index is 1.82. The fraction of sp³-hybridized carbons (Fsp3) is 0.450. The van der Waals surface area contributed by atoms with Gasteiger partial charge in [0.2, 0.25) is 5.91 Å². The standard InChI is InChI=1S/C20H26N2O/c1-15(23)22-12-10-16(11-13-22)14-17-8-9-20(21(2)3)19-7-5-4-6-18(17)19/h4-9,16H,10-14H2,1-3H3. The van der Waals surface area contributed by atoms with E-state index in [-0.39, 0.29) is 5.91 Å². The number of amides is 1. The minimum Gasteiger partial charge on any atom is -0.377 e. The zero-order chi connectivity index (χ0) is 16.4. The van der Waals surface area contributed by atoms with Crippen LogP contribution in [0.25, 0.3) is 10.8 Å². The lowest BCUT2D eigenvalue weighted by molar-refractivity contribution is -0.130. The van der Waals surface area contributed by atoms with Gasteiger partial charge in [0.15, 0.2) is 0 Å². The smallest absolute Gasteiger partial charge is 0.219 e. The van der Waals surface area contributed by atoms with Crippen LogP contribution in [0.5, 0.6) is 0 Å². The van der Waals surface area contributed by atoms with Crippen LogP contribution in [0.4, 0.5) is 5.69 Å². The molecule has 3 nitrogen and oxygen atoms in total. The number of nitrogens with zero attached hydrogens (tertiary/aromatic N) is 2. The average molecular weight is 310 g/mol. The van der Waals surface area contributed by atoms with Gasteiger partial charge in [-0.05, 0) is 42.2 Å². The lowest BCUT2D eigenvalue weighted by Crippen LogP contribution is -2.37. The van der Waals surface area contributed by atoms with Gasteiger partial charge in [0, 0.05) is 45.2 Å². The second kappa shape index (κ2) is 6.61. The van der Waals surface area contributed by atoms with Crippen molar-refractivity contribution in [3.05, 3.63) is 42.0 Å². The third-order valence-corrected chi connectivity index (χ3v) is 5.04. The molecule has 1 aliphatic rings. The summed E-state index contributed by atoms with van der Waals surface area (Å²) in [6.07, 6.45) is 3.34. The van der Waals surface area contributed by atoms with Crippen molar-refractivity contribution in [2.45, 2.75) is 26.2 Å². The van der Waals surface area contributed by atoms with E-state index in [9.17, 15) is 4.79 Å². The van der Waals surface area contributed by atoms with Gasteiger partial charge < -0.3 is 9.80 Å². The molecule has 0 N–H and O–H groups in total. The van der Waals surface area contributed by atoms with Crippen LogP contribution in [-0.2, 0) is 11.2 Å². The zero-order valence-corrected chi connectivity index (χ0v) is 14.4. The van der Waals surface area contributed by atoms with Crippen LogP contribution in [0.1, 0.15) is 25.3 Å². The number of benzene rings is 2. The number of piperidine rings is 1. The summed E-state index contributed by atoms with van der Waals surface area (Å²) in [4.78, 5) is 15.6. The molecule has 2 aromatic carbocycles. The third kappa shape index (κ3) is 3.34. The summed E-state index contributed by atoms with van der Waals surface area (Å²) < 4.78 is 0. The molecule has 1 amide bonds. The first kappa shape index (κ1) is 15.9. The Labute approximate surface area is 138 Å². The number of rotatable bonds is 3. The number of carbonyl (C=O) groups is 1. The van der Waals surface area contributed by atoms with Crippen LogP contribution in [0.2, 0.25) is 0 Å². The number of hydrogen-bond donors (Lipinski definition) is 0. The van der Waals surface area contributed by atoms with Crippen molar-refractivity contribution in [3.8, 4) is 0 Å². The maximum absolute atomic E-state index is 11.5. The minimum atomic E-state index is 0.212. The molecular formula is C20H26N2O. The van der Waals surface area contributed by atoms with Crippen LogP contribution in [0.3, 0.4) is 0 Å². The first-order valence-electron chi connectivity index (χ1n) is 8.49. The Hall–Kier alpha value is -2.03. The quantitative estimate of drug-likeness (QED) is 0.863. The Morgan fingerprint density at radius 2 is 1.74 bits per heavy atom. The normalized spacial score (nSPS) is 15.9. The second-order valence-corrected chi connectivity index (χ2v) is 6.84. The number of likely N-dealkylation sites (tertiary alicyclic amines) is 1. The molecule has 2 aromatic rings. The van der Waals surface area contributed by atoms with Crippen LogP contribution < -0.4 is 4.90 Å². The molecule has 0 radical (unpaired) electrons. The molecule has 1 heterocycles. The van der Waals surface area contributed by atoms with Gasteiger partial charge in [-0.25, -0.2) is 0 Å². The molecule has 0 atom stereocenters. The van der Waals surface area contributed by atoms with Crippen molar-refractivity contribution in [1.82, 2.24) is 4.90 Å². The van der Waals surface area contributed by atoms with Crippen molar-refractivity contribution >= 4 is 22.4 Å². The van der Waals surface area contributed by atoms with E-state index in [0.29, 0.717) is 5.92 Å². The summed E-state index contributed by atoms with van der Waals surface area (Å²) in [6.45, 7) is 3.50. The van der Waals surface area contributed by atoms with Crippen LogP contribution >= 0.6 is 0 Å². The maximum atomic E-state index is 11.5. The molecule has 0 saturated carbocycles. The summed E-state index contributed by atoms with van der Waals surface area (Å²) in [5, 5.41) is 2.70. The molecule has 3 rings (SSSR count).